The lowest BCUT2D eigenvalue weighted by molar-refractivity contribution is 0.0521. The predicted octanol–water partition coefficient (Wildman–Crippen LogP) is 4.82. The molecule has 1 N–H and O–H groups in total. The number of methoxy groups -OCH3 is 1. The van der Waals surface area contributed by atoms with Gasteiger partial charge in [-0.05, 0) is 51.7 Å². The summed E-state index contributed by atoms with van der Waals surface area (Å²) in [6.45, 7) is 8.16. The number of benzene rings is 1. The third kappa shape index (κ3) is 5.29. The highest BCUT2D eigenvalue weighted by molar-refractivity contribution is 5.95. The Bertz CT molecular complexity index is 584. The van der Waals surface area contributed by atoms with Gasteiger partial charge < -0.3 is 14.6 Å². The van der Waals surface area contributed by atoms with Crippen molar-refractivity contribution in [1.82, 2.24) is 0 Å². The van der Waals surface area contributed by atoms with Crippen molar-refractivity contribution in [3.05, 3.63) is 34.4 Å². The van der Waals surface area contributed by atoms with Crippen LogP contribution in [0.1, 0.15) is 68.4 Å². The first kappa shape index (κ1) is 20.1. The number of unbranched alkanes of at least 4 members (excludes halogenated alkanes) is 2. The number of carbonyl (C=O) groups is 1. The summed E-state index contributed by atoms with van der Waals surface area (Å²) in [6.07, 6.45) is 6.36. The molecule has 4 nitrogen and oxygen atoms in total. The SMILES string of the molecule is CCCCCc1cc(OC)c(CC=C(C)C)c(O)c1C(=O)OCC. The number of phenolic OH excluding ortho intramolecular Hbond substituents is 1. The minimum Gasteiger partial charge on any atom is -0.507 e. The largest absolute Gasteiger partial charge is 0.507 e. The Hall–Kier alpha value is -1.97. The summed E-state index contributed by atoms with van der Waals surface area (Å²) in [4.78, 5) is 12.4. The standard InChI is InChI=1S/C20H30O4/c1-6-8-9-10-15-13-17(23-5)16(12-11-14(3)4)19(21)18(15)20(22)24-7-2/h11,13,21H,6-10,12H2,1-5H3. The van der Waals surface area contributed by atoms with E-state index < -0.39 is 5.97 Å². The van der Waals surface area contributed by atoms with Gasteiger partial charge >= 0.3 is 5.97 Å². The molecule has 0 unspecified atom stereocenters. The van der Waals surface area contributed by atoms with Crippen molar-refractivity contribution in [1.29, 1.82) is 0 Å². The number of ether oxygens (including phenoxy) is 2. The van der Waals surface area contributed by atoms with Gasteiger partial charge in [-0.25, -0.2) is 4.79 Å². The summed E-state index contributed by atoms with van der Waals surface area (Å²) in [6, 6.07) is 1.87. The van der Waals surface area contributed by atoms with Crippen LogP contribution >= 0.6 is 0 Å². The smallest absolute Gasteiger partial charge is 0.342 e. The molecule has 0 spiro atoms. The lowest BCUT2D eigenvalue weighted by Gasteiger charge is -2.17. The zero-order valence-corrected chi connectivity index (χ0v) is 15.6. The molecule has 0 saturated heterocycles. The maximum absolute atomic E-state index is 12.4. The third-order valence-electron chi connectivity index (χ3n) is 3.91. The van der Waals surface area contributed by atoms with Crippen LogP contribution in [0.3, 0.4) is 0 Å². The lowest BCUT2D eigenvalue weighted by Crippen LogP contribution is -2.11. The molecule has 134 valence electrons. The number of rotatable bonds is 9. The van der Waals surface area contributed by atoms with E-state index in [2.05, 4.69) is 6.92 Å². The number of hydrogen-bond acceptors (Lipinski definition) is 4. The Kier molecular flexibility index (Phi) is 8.37. The number of aryl methyl sites for hydroxylation is 1. The normalized spacial score (nSPS) is 10.4. The highest BCUT2D eigenvalue weighted by Crippen LogP contribution is 2.36. The number of aromatic hydroxyl groups is 1. The van der Waals surface area contributed by atoms with Gasteiger partial charge in [0.1, 0.15) is 17.1 Å². The molecule has 4 heteroatoms. The molecular weight excluding hydrogens is 304 g/mol. The molecule has 0 aliphatic carbocycles. The van der Waals surface area contributed by atoms with E-state index in [9.17, 15) is 9.90 Å². The second-order valence-electron chi connectivity index (χ2n) is 6.10. The van der Waals surface area contributed by atoms with E-state index in [1.807, 2.05) is 26.0 Å². The molecule has 0 heterocycles. The van der Waals surface area contributed by atoms with Gasteiger partial charge in [-0.2, -0.15) is 0 Å². The third-order valence-corrected chi connectivity index (χ3v) is 3.91. The first-order chi connectivity index (χ1) is 11.5. The van der Waals surface area contributed by atoms with Crippen LogP contribution < -0.4 is 4.74 Å². The van der Waals surface area contributed by atoms with Gasteiger partial charge in [0.05, 0.1) is 13.7 Å². The van der Waals surface area contributed by atoms with E-state index in [0.29, 0.717) is 17.7 Å². The number of carbonyl (C=O) groups excluding carboxylic acids is 1. The average Bonchev–Trinajstić information content (AvgIpc) is 2.53. The average molecular weight is 334 g/mol. The molecule has 0 fully saturated rings. The van der Waals surface area contributed by atoms with Crippen molar-refractivity contribution in [3.63, 3.8) is 0 Å². The Morgan fingerprint density at radius 1 is 1.25 bits per heavy atom. The highest BCUT2D eigenvalue weighted by Gasteiger charge is 2.23. The van der Waals surface area contributed by atoms with Crippen molar-refractivity contribution in [2.45, 2.75) is 59.8 Å². The summed E-state index contributed by atoms with van der Waals surface area (Å²) >= 11 is 0. The summed E-state index contributed by atoms with van der Waals surface area (Å²) in [5.41, 5.74) is 2.84. The van der Waals surface area contributed by atoms with E-state index in [-0.39, 0.29) is 17.9 Å². The van der Waals surface area contributed by atoms with E-state index in [1.54, 1.807) is 14.0 Å². The topological polar surface area (TPSA) is 55.8 Å². The number of esters is 1. The molecule has 0 bridgehead atoms. The molecular formula is C20H30O4. The van der Waals surface area contributed by atoms with Gasteiger partial charge in [0.25, 0.3) is 0 Å². The van der Waals surface area contributed by atoms with Crippen LogP contribution in [0.5, 0.6) is 11.5 Å². The maximum Gasteiger partial charge on any atom is 0.342 e. The second-order valence-corrected chi connectivity index (χ2v) is 6.10. The molecule has 0 atom stereocenters. The fourth-order valence-corrected chi connectivity index (χ4v) is 2.62. The minimum atomic E-state index is -0.470. The fraction of sp³-hybridized carbons (Fsp3) is 0.550. The van der Waals surface area contributed by atoms with E-state index >= 15 is 0 Å². The zero-order valence-electron chi connectivity index (χ0n) is 15.6. The highest BCUT2D eigenvalue weighted by atomic mass is 16.5. The fourth-order valence-electron chi connectivity index (χ4n) is 2.62. The number of allylic oxidation sites excluding steroid dienone is 2. The molecule has 1 aromatic rings. The summed E-state index contributed by atoms with van der Waals surface area (Å²) in [5, 5.41) is 10.7. The molecule has 0 aliphatic rings. The number of phenols is 1. The first-order valence-electron chi connectivity index (χ1n) is 8.68. The molecule has 1 rings (SSSR count). The molecule has 0 radical (unpaired) electrons. The molecule has 24 heavy (non-hydrogen) atoms. The first-order valence-corrected chi connectivity index (χ1v) is 8.68. The second kappa shape index (κ2) is 10.0. The van der Waals surface area contributed by atoms with Crippen LogP contribution in [-0.2, 0) is 17.6 Å². The van der Waals surface area contributed by atoms with Crippen LogP contribution in [-0.4, -0.2) is 24.8 Å². The van der Waals surface area contributed by atoms with Crippen molar-refractivity contribution >= 4 is 5.97 Å². The Morgan fingerprint density at radius 3 is 2.50 bits per heavy atom. The minimum absolute atomic E-state index is 0.0169. The monoisotopic (exact) mass is 334 g/mol. The molecule has 0 aromatic heterocycles. The predicted molar refractivity (Wildman–Crippen MR) is 97.0 cm³/mol. The van der Waals surface area contributed by atoms with Crippen molar-refractivity contribution in [2.24, 2.45) is 0 Å². The van der Waals surface area contributed by atoms with Crippen LogP contribution in [0, 0.1) is 0 Å². The van der Waals surface area contributed by atoms with Crippen molar-refractivity contribution in [3.8, 4) is 11.5 Å². The van der Waals surface area contributed by atoms with E-state index in [1.165, 1.54) is 0 Å². The lowest BCUT2D eigenvalue weighted by atomic mass is 9.95. The molecule has 1 aromatic carbocycles. The number of hydrogen-bond donors (Lipinski definition) is 1. The Labute approximate surface area is 145 Å². The van der Waals surface area contributed by atoms with Gasteiger partial charge in [0.2, 0.25) is 0 Å². The van der Waals surface area contributed by atoms with Gasteiger partial charge in [0.15, 0.2) is 0 Å². The Morgan fingerprint density at radius 2 is 1.96 bits per heavy atom. The van der Waals surface area contributed by atoms with Crippen LogP contribution in [0.15, 0.2) is 17.7 Å². The van der Waals surface area contributed by atoms with Gasteiger partial charge in [-0.15, -0.1) is 0 Å². The van der Waals surface area contributed by atoms with E-state index in [0.717, 1.165) is 36.8 Å². The summed E-state index contributed by atoms with van der Waals surface area (Å²) in [7, 11) is 1.58. The molecule has 0 saturated carbocycles. The molecule has 0 amide bonds. The summed E-state index contributed by atoms with van der Waals surface area (Å²) in [5.74, 6) is 0.129. The van der Waals surface area contributed by atoms with Gasteiger partial charge in [-0.3, -0.25) is 0 Å². The van der Waals surface area contributed by atoms with Crippen LogP contribution in [0.2, 0.25) is 0 Å². The van der Waals surface area contributed by atoms with E-state index in [4.69, 9.17) is 9.47 Å². The van der Waals surface area contributed by atoms with Crippen molar-refractivity contribution < 1.29 is 19.4 Å². The quantitative estimate of drug-likeness (QED) is 0.400. The Balaban J connectivity index is 3.38. The van der Waals surface area contributed by atoms with Gasteiger partial charge in [-0.1, -0.05) is 31.4 Å². The van der Waals surface area contributed by atoms with Crippen molar-refractivity contribution in [2.75, 3.05) is 13.7 Å². The zero-order chi connectivity index (χ0) is 18.1. The van der Waals surface area contributed by atoms with Crippen LogP contribution in [0.4, 0.5) is 0 Å². The van der Waals surface area contributed by atoms with Crippen LogP contribution in [0.25, 0.3) is 0 Å². The summed E-state index contributed by atoms with van der Waals surface area (Å²) < 4.78 is 10.6. The maximum atomic E-state index is 12.4. The molecule has 0 aliphatic heterocycles. The van der Waals surface area contributed by atoms with Gasteiger partial charge in [0, 0.05) is 5.56 Å².